The molecule has 6 rings (SSSR count). The molecule has 4 heterocycles. The van der Waals surface area contributed by atoms with Gasteiger partial charge in [0.25, 0.3) is 0 Å². The topological polar surface area (TPSA) is 104 Å². The molecule has 9 nitrogen and oxygen atoms in total. The van der Waals surface area contributed by atoms with E-state index in [1.165, 1.54) is 23.2 Å². The predicted molar refractivity (Wildman–Crippen MR) is 148 cm³/mol. The van der Waals surface area contributed by atoms with Crippen LogP contribution < -0.4 is 15.8 Å². The van der Waals surface area contributed by atoms with Gasteiger partial charge in [-0.05, 0) is 77.1 Å². The van der Waals surface area contributed by atoms with Crippen molar-refractivity contribution in [1.82, 2.24) is 20.7 Å². The average Bonchev–Trinajstić information content (AvgIpc) is 3.36. The molecular formula is C30H33F6N5O4. The highest BCUT2D eigenvalue weighted by molar-refractivity contribution is 5.97. The molecule has 0 radical (unpaired) electrons. The van der Waals surface area contributed by atoms with Crippen LogP contribution in [0.4, 0.5) is 36.8 Å². The number of benzene rings is 1. The zero-order chi connectivity index (χ0) is 32.7. The Labute approximate surface area is 254 Å². The molecule has 2 bridgehead atoms. The first-order valence-electron chi connectivity index (χ1n) is 14.8. The lowest BCUT2D eigenvalue weighted by Crippen LogP contribution is -2.54. The van der Waals surface area contributed by atoms with Gasteiger partial charge in [-0.1, -0.05) is 0 Å². The lowest BCUT2D eigenvalue weighted by Gasteiger charge is -2.39. The van der Waals surface area contributed by atoms with Crippen LogP contribution in [-0.4, -0.2) is 64.7 Å². The third kappa shape index (κ3) is 5.11. The second-order valence-corrected chi connectivity index (χ2v) is 13.6. The van der Waals surface area contributed by atoms with Gasteiger partial charge >= 0.3 is 18.4 Å². The van der Waals surface area contributed by atoms with Crippen LogP contribution in [0.5, 0.6) is 0 Å². The van der Waals surface area contributed by atoms with E-state index < -0.39 is 83.2 Å². The molecule has 1 aromatic carbocycles. The molecule has 2 N–H and O–H groups in total. The first-order chi connectivity index (χ1) is 20.9. The van der Waals surface area contributed by atoms with Crippen LogP contribution >= 0.6 is 0 Å². The number of rotatable bonds is 3. The minimum absolute atomic E-state index is 0.0159. The number of carbonyl (C=O) groups excluding carboxylic acids is 3. The minimum Gasteiger partial charge on any atom is -0.444 e. The highest BCUT2D eigenvalue weighted by Crippen LogP contribution is 2.75. The van der Waals surface area contributed by atoms with Crippen molar-refractivity contribution in [1.29, 1.82) is 0 Å². The molecule has 15 heteroatoms. The summed E-state index contributed by atoms with van der Waals surface area (Å²) < 4.78 is 89.9. The van der Waals surface area contributed by atoms with E-state index in [2.05, 4.69) is 15.8 Å². The molecule has 3 saturated heterocycles. The molecular weight excluding hydrogens is 608 g/mol. The normalized spacial score (nSPS) is 29.4. The SMILES string of the molecule is CC(C)(C)OC(=O)N1[C@@H]2CC[C@H]1CC(C(=O)NNC(=O)[C@]13CN(c4ccc(C(F)(F)F)c5ncccc45)C[C@@]1(C(F)(F)F)C3)C2. The molecule has 244 valence electrons. The van der Waals surface area contributed by atoms with E-state index in [0.717, 1.165) is 12.1 Å². The molecule has 2 aromatic rings. The zero-order valence-corrected chi connectivity index (χ0v) is 24.8. The van der Waals surface area contributed by atoms with E-state index in [4.69, 9.17) is 4.74 Å². The number of piperidine rings is 2. The van der Waals surface area contributed by atoms with Crippen molar-refractivity contribution in [2.45, 2.75) is 82.9 Å². The summed E-state index contributed by atoms with van der Waals surface area (Å²) in [6.45, 7) is 4.22. The van der Waals surface area contributed by atoms with Gasteiger partial charge in [0.05, 0.1) is 16.5 Å². The molecule has 0 spiro atoms. The Morgan fingerprint density at radius 2 is 1.62 bits per heavy atom. The standard InChI is InChI=1S/C30H33F6N5O4/c1-26(2,3)45-25(44)41-17-6-7-18(41)12-16(11-17)23(42)38-39-24(43)27-13-28(27,30(34,35)36)15-40(14-27)21-9-8-20(29(31,32)33)22-19(21)5-4-10-37-22/h4-5,8-10,16-18H,6-7,11-15H2,1-3H3,(H,38,42)(H,39,43)/t16?,17-,18+,27-,28-/m0/s1. The number of hydrogen-bond donors (Lipinski definition) is 2. The van der Waals surface area contributed by atoms with Crippen LogP contribution in [0.2, 0.25) is 0 Å². The number of aromatic nitrogens is 1. The largest absolute Gasteiger partial charge is 0.444 e. The summed E-state index contributed by atoms with van der Waals surface area (Å²) in [5, 5.41) is 0.0159. The molecule has 3 amide bonds. The Bertz CT molecular complexity index is 1540. The number of hydrazine groups is 1. The molecule has 5 atom stereocenters. The Kier molecular flexibility index (Phi) is 7.01. The van der Waals surface area contributed by atoms with Crippen LogP contribution in [0, 0.1) is 16.7 Å². The third-order valence-electron chi connectivity index (χ3n) is 9.69. The number of pyridine rings is 1. The smallest absolute Gasteiger partial charge is 0.418 e. The van der Waals surface area contributed by atoms with Crippen molar-refractivity contribution in [3.8, 4) is 0 Å². The van der Waals surface area contributed by atoms with Crippen LogP contribution in [0.3, 0.4) is 0 Å². The fourth-order valence-corrected chi connectivity index (χ4v) is 7.60. The number of anilines is 1. The molecule has 1 aliphatic carbocycles. The number of ether oxygens (including phenoxy) is 1. The van der Waals surface area contributed by atoms with Gasteiger partial charge in [-0.15, -0.1) is 0 Å². The Morgan fingerprint density at radius 3 is 2.22 bits per heavy atom. The van der Waals surface area contributed by atoms with Crippen LogP contribution in [0.25, 0.3) is 10.9 Å². The summed E-state index contributed by atoms with van der Waals surface area (Å²) in [7, 11) is 0. The van der Waals surface area contributed by atoms with E-state index in [0.29, 0.717) is 25.7 Å². The van der Waals surface area contributed by atoms with Crippen molar-refractivity contribution in [2.75, 3.05) is 18.0 Å². The van der Waals surface area contributed by atoms with Crippen LogP contribution in [-0.2, 0) is 20.5 Å². The number of alkyl halides is 6. The highest BCUT2D eigenvalue weighted by Gasteiger charge is 2.86. The number of carbonyl (C=O) groups is 3. The maximum absolute atomic E-state index is 14.5. The van der Waals surface area contributed by atoms with Gasteiger partial charge < -0.3 is 14.5 Å². The first kappa shape index (κ1) is 31.2. The van der Waals surface area contributed by atoms with Crippen molar-refractivity contribution in [3.63, 3.8) is 0 Å². The van der Waals surface area contributed by atoms with Crippen molar-refractivity contribution < 1.29 is 45.5 Å². The molecule has 3 aliphatic heterocycles. The summed E-state index contributed by atoms with van der Waals surface area (Å²) in [6, 6.07) is 4.16. The fraction of sp³-hybridized carbons (Fsp3) is 0.600. The van der Waals surface area contributed by atoms with E-state index in [-0.39, 0.29) is 23.2 Å². The van der Waals surface area contributed by atoms with Crippen molar-refractivity contribution >= 4 is 34.5 Å². The highest BCUT2D eigenvalue weighted by atomic mass is 19.4. The molecule has 1 aromatic heterocycles. The maximum atomic E-state index is 14.5. The molecule has 45 heavy (non-hydrogen) atoms. The Hall–Kier alpha value is -3.78. The van der Waals surface area contributed by atoms with E-state index in [1.54, 1.807) is 25.7 Å². The predicted octanol–water partition coefficient (Wildman–Crippen LogP) is 5.34. The minimum atomic E-state index is -4.79. The van der Waals surface area contributed by atoms with Gasteiger partial charge in [-0.3, -0.25) is 25.4 Å². The van der Waals surface area contributed by atoms with Gasteiger partial charge in [-0.25, -0.2) is 4.79 Å². The summed E-state index contributed by atoms with van der Waals surface area (Å²) in [4.78, 5) is 46.0. The third-order valence-corrected chi connectivity index (χ3v) is 9.69. The van der Waals surface area contributed by atoms with Gasteiger partial charge in [0.2, 0.25) is 11.8 Å². The molecule has 1 saturated carbocycles. The number of nitrogens with one attached hydrogen (secondary N) is 2. The van der Waals surface area contributed by atoms with Crippen molar-refractivity contribution in [3.05, 3.63) is 36.0 Å². The first-order valence-corrected chi connectivity index (χ1v) is 14.8. The van der Waals surface area contributed by atoms with Gasteiger partial charge in [-0.2, -0.15) is 26.3 Å². The summed E-state index contributed by atoms with van der Waals surface area (Å²) in [5.41, 5.74) is -1.85. The van der Waals surface area contributed by atoms with Crippen LogP contribution in [0.15, 0.2) is 30.5 Å². The van der Waals surface area contributed by atoms with Gasteiger partial charge in [0.1, 0.15) is 11.0 Å². The van der Waals surface area contributed by atoms with Gasteiger partial charge in [0.15, 0.2) is 0 Å². The average molecular weight is 642 g/mol. The number of nitrogens with zero attached hydrogens (tertiary/aromatic N) is 3. The summed E-state index contributed by atoms with van der Waals surface area (Å²) >= 11 is 0. The molecule has 1 unspecified atom stereocenters. The number of amides is 3. The van der Waals surface area contributed by atoms with Crippen molar-refractivity contribution in [2.24, 2.45) is 16.7 Å². The van der Waals surface area contributed by atoms with E-state index >= 15 is 0 Å². The monoisotopic (exact) mass is 641 g/mol. The number of halogens is 6. The number of fused-ring (bicyclic) bond motifs is 4. The second-order valence-electron chi connectivity index (χ2n) is 13.6. The van der Waals surface area contributed by atoms with E-state index in [1.807, 2.05) is 0 Å². The quantitative estimate of drug-likeness (QED) is 0.347. The van der Waals surface area contributed by atoms with Gasteiger partial charge in [0, 0.05) is 48.4 Å². The second kappa shape index (κ2) is 10.1. The van der Waals surface area contributed by atoms with Crippen LogP contribution in [0.1, 0.15) is 58.4 Å². The molecule has 4 aliphatic rings. The summed E-state index contributed by atoms with van der Waals surface area (Å²) in [5.74, 6) is -2.15. The zero-order valence-electron chi connectivity index (χ0n) is 24.8. The number of hydrogen-bond acceptors (Lipinski definition) is 6. The maximum Gasteiger partial charge on any atom is 0.418 e. The Balaban J connectivity index is 1.16. The summed E-state index contributed by atoms with van der Waals surface area (Å²) in [6.07, 6.45) is -7.33. The lowest BCUT2D eigenvalue weighted by molar-refractivity contribution is -0.191. The Morgan fingerprint density at radius 1 is 0.956 bits per heavy atom. The molecule has 4 fully saturated rings. The van der Waals surface area contributed by atoms with E-state index in [9.17, 15) is 40.7 Å². The lowest BCUT2D eigenvalue weighted by atomic mass is 9.90. The fourth-order valence-electron chi connectivity index (χ4n) is 7.60.